The summed E-state index contributed by atoms with van der Waals surface area (Å²) in [4.78, 5) is 14.6. The standard InChI is InChI=1S/C25H20F2N4O/c1-25(2)19-12-11-16(22-15-31(29-28-22)17-7-4-3-5-8-17)13-23(19)30(24(25)32)14-18-20(26)9-6-10-21(18)27/h3-13,15H,14H2,1-2H3. The summed E-state index contributed by atoms with van der Waals surface area (Å²) >= 11 is 0. The Labute approximate surface area is 183 Å². The molecule has 5 nitrogen and oxygen atoms in total. The Kier molecular flexibility index (Phi) is 4.62. The maximum atomic E-state index is 14.3. The van der Waals surface area contributed by atoms with Gasteiger partial charge < -0.3 is 4.90 Å². The van der Waals surface area contributed by atoms with E-state index in [4.69, 9.17) is 0 Å². The molecule has 3 aromatic carbocycles. The largest absolute Gasteiger partial charge is 0.307 e. The molecule has 1 aliphatic heterocycles. The molecule has 0 atom stereocenters. The van der Waals surface area contributed by atoms with Crippen molar-refractivity contribution in [1.82, 2.24) is 15.0 Å². The van der Waals surface area contributed by atoms with E-state index in [9.17, 15) is 13.6 Å². The molecular weight excluding hydrogens is 410 g/mol. The highest BCUT2D eigenvalue weighted by molar-refractivity contribution is 6.08. The molecule has 4 aromatic rings. The van der Waals surface area contributed by atoms with Crippen LogP contribution in [-0.2, 0) is 16.8 Å². The summed E-state index contributed by atoms with van der Waals surface area (Å²) in [5.41, 5.74) is 2.75. The van der Waals surface area contributed by atoms with Gasteiger partial charge in [-0.25, -0.2) is 13.5 Å². The Hall–Kier alpha value is -3.87. The number of aromatic nitrogens is 3. The van der Waals surface area contributed by atoms with Gasteiger partial charge in [0.25, 0.3) is 0 Å². The smallest absolute Gasteiger partial charge is 0.237 e. The monoisotopic (exact) mass is 430 g/mol. The zero-order chi connectivity index (χ0) is 22.5. The number of rotatable bonds is 4. The second-order valence-corrected chi connectivity index (χ2v) is 8.33. The number of halogens is 2. The van der Waals surface area contributed by atoms with Crippen molar-refractivity contribution in [3.05, 3.63) is 95.7 Å². The Morgan fingerprint density at radius 2 is 1.66 bits per heavy atom. The second kappa shape index (κ2) is 7.37. The third-order valence-corrected chi connectivity index (χ3v) is 5.93. The van der Waals surface area contributed by atoms with Crippen molar-refractivity contribution in [3.8, 4) is 16.9 Å². The molecule has 0 bridgehead atoms. The molecule has 0 saturated carbocycles. The number of para-hydroxylation sites is 1. The molecule has 0 spiro atoms. The molecule has 1 amide bonds. The molecule has 32 heavy (non-hydrogen) atoms. The Balaban J connectivity index is 1.56. The first-order chi connectivity index (χ1) is 15.4. The number of carbonyl (C=O) groups excluding carboxylic acids is 1. The lowest BCUT2D eigenvalue weighted by molar-refractivity contribution is -0.122. The lowest BCUT2D eigenvalue weighted by Crippen LogP contribution is -2.36. The quantitative estimate of drug-likeness (QED) is 0.456. The molecule has 0 saturated heterocycles. The highest BCUT2D eigenvalue weighted by Crippen LogP contribution is 2.44. The summed E-state index contributed by atoms with van der Waals surface area (Å²) in [5, 5.41) is 8.47. The zero-order valence-corrected chi connectivity index (χ0v) is 17.6. The fraction of sp³-hybridized carbons (Fsp3) is 0.160. The average molecular weight is 430 g/mol. The van der Waals surface area contributed by atoms with Crippen molar-refractivity contribution in [2.24, 2.45) is 0 Å². The fourth-order valence-corrected chi connectivity index (χ4v) is 4.11. The molecule has 0 N–H and O–H groups in total. The summed E-state index contributed by atoms with van der Waals surface area (Å²) in [6.07, 6.45) is 1.81. The minimum Gasteiger partial charge on any atom is -0.307 e. The number of anilines is 1. The number of benzene rings is 3. The topological polar surface area (TPSA) is 51.0 Å². The lowest BCUT2D eigenvalue weighted by atomic mass is 9.86. The van der Waals surface area contributed by atoms with E-state index in [-0.39, 0.29) is 18.0 Å². The summed E-state index contributed by atoms with van der Waals surface area (Å²) in [7, 11) is 0. The van der Waals surface area contributed by atoms with Crippen LogP contribution in [0.15, 0.2) is 72.9 Å². The number of carbonyl (C=O) groups is 1. The van der Waals surface area contributed by atoms with Crippen molar-refractivity contribution in [3.63, 3.8) is 0 Å². The van der Waals surface area contributed by atoms with Gasteiger partial charge >= 0.3 is 0 Å². The van der Waals surface area contributed by atoms with E-state index in [1.165, 1.54) is 23.1 Å². The summed E-state index contributed by atoms with van der Waals surface area (Å²) in [6.45, 7) is 3.45. The van der Waals surface area contributed by atoms with Crippen LogP contribution in [0.3, 0.4) is 0 Å². The second-order valence-electron chi connectivity index (χ2n) is 8.33. The number of hydrogen-bond acceptors (Lipinski definition) is 3. The van der Waals surface area contributed by atoms with Crippen LogP contribution in [0.4, 0.5) is 14.5 Å². The first-order valence-electron chi connectivity index (χ1n) is 10.2. The number of amides is 1. The van der Waals surface area contributed by atoms with Gasteiger partial charge in [-0.3, -0.25) is 4.79 Å². The van der Waals surface area contributed by atoms with Crippen molar-refractivity contribution < 1.29 is 13.6 Å². The van der Waals surface area contributed by atoms with Gasteiger partial charge in [0.15, 0.2) is 0 Å². The molecule has 1 aliphatic rings. The molecule has 2 heterocycles. The zero-order valence-electron chi connectivity index (χ0n) is 17.6. The first-order valence-corrected chi connectivity index (χ1v) is 10.2. The van der Waals surface area contributed by atoms with Gasteiger partial charge in [0.2, 0.25) is 5.91 Å². The summed E-state index contributed by atoms with van der Waals surface area (Å²) in [6, 6.07) is 18.9. The van der Waals surface area contributed by atoms with Crippen molar-refractivity contribution in [2.45, 2.75) is 25.8 Å². The minimum atomic E-state index is -0.808. The van der Waals surface area contributed by atoms with E-state index in [0.717, 1.165) is 16.8 Å². The molecule has 1 aromatic heterocycles. The molecule has 0 aliphatic carbocycles. The maximum absolute atomic E-state index is 14.3. The van der Waals surface area contributed by atoms with Crippen LogP contribution in [0, 0.1) is 11.6 Å². The van der Waals surface area contributed by atoms with Gasteiger partial charge in [0.1, 0.15) is 17.3 Å². The van der Waals surface area contributed by atoms with Gasteiger partial charge in [-0.05, 0) is 49.7 Å². The third kappa shape index (κ3) is 3.17. The van der Waals surface area contributed by atoms with Gasteiger partial charge in [0, 0.05) is 16.8 Å². The van der Waals surface area contributed by atoms with Gasteiger partial charge in [-0.2, -0.15) is 0 Å². The van der Waals surface area contributed by atoms with Crippen LogP contribution in [0.5, 0.6) is 0 Å². The highest BCUT2D eigenvalue weighted by atomic mass is 19.1. The highest BCUT2D eigenvalue weighted by Gasteiger charge is 2.44. The maximum Gasteiger partial charge on any atom is 0.237 e. The van der Waals surface area contributed by atoms with E-state index in [1.807, 2.05) is 62.4 Å². The SMILES string of the molecule is CC1(C)C(=O)N(Cc2c(F)cccc2F)c2cc(-c3cn(-c4ccccc4)nn3)ccc21. The predicted octanol–water partition coefficient (Wildman–Crippen LogP) is 5.04. The van der Waals surface area contributed by atoms with Crippen LogP contribution in [-0.4, -0.2) is 20.9 Å². The minimum absolute atomic E-state index is 0.134. The van der Waals surface area contributed by atoms with Crippen molar-refractivity contribution in [1.29, 1.82) is 0 Å². The number of fused-ring (bicyclic) bond motifs is 1. The molecule has 0 radical (unpaired) electrons. The molecule has 160 valence electrons. The number of nitrogens with zero attached hydrogens (tertiary/aromatic N) is 4. The average Bonchev–Trinajstić information content (AvgIpc) is 3.35. The van der Waals surface area contributed by atoms with E-state index in [1.54, 1.807) is 10.9 Å². The van der Waals surface area contributed by atoms with Crippen LogP contribution >= 0.6 is 0 Å². The lowest BCUT2D eigenvalue weighted by Gasteiger charge is -2.21. The van der Waals surface area contributed by atoms with Gasteiger partial charge in [-0.1, -0.05) is 41.6 Å². The Morgan fingerprint density at radius 1 is 0.938 bits per heavy atom. The van der Waals surface area contributed by atoms with Crippen LogP contribution in [0.25, 0.3) is 16.9 Å². The Bertz CT molecular complexity index is 1310. The van der Waals surface area contributed by atoms with Crippen LogP contribution < -0.4 is 4.90 Å². The van der Waals surface area contributed by atoms with Gasteiger partial charge in [-0.15, -0.1) is 5.10 Å². The van der Waals surface area contributed by atoms with Crippen LogP contribution in [0.2, 0.25) is 0 Å². The molecule has 0 fully saturated rings. The predicted molar refractivity (Wildman–Crippen MR) is 117 cm³/mol. The Morgan fingerprint density at radius 3 is 2.38 bits per heavy atom. The summed E-state index contributed by atoms with van der Waals surface area (Å²) < 4.78 is 30.3. The van der Waals surface area contributed by atoms with E-state index < -0.39 is 17.0 Å². The third-order valence-electron chi connectivity index (χ3n) is 5.93. The van der Waals surface area contributed by atoms with E-state index >= 15 is 0 Å². The van der Waals surface area contributed by atoms with Crippen LogP contribution in [0.1, 0.15) is 25.0 Å². The summed E-state index contributed by atoms with van der Waals surface area (Å²) in [5.74, 6) is -1.56. The number of hydrogen-bond donors (Lipinski definition) is 0. The van der Waals surface area contributed by atoms with Crippen molar-refractivity contribution in [2.75, 3.05) is 4.90 Å². The van der Waals surface area contributed by atoms with Crippen molar-refractivity contribution >= 4 is 11.6 Å². The molecule has 7 heteroatoms. The normalized spacial score (nSPS) is 14.6. The molecular formula is C25H20F2N4O. The van der Waals surface area contributed by atoms with Gasteiger partial charge in [0.05, 0.1) is 23.8 Å². The van der Waals surface area contributed by atoms with E-state index in [0.29, 0.717) is 11.4 Å². The molecule has 0 unspecified atom stereocenters. The molecule has 5 rings (SSSR count). The first kappa shape index (κ1) is 20.1. The fourth-order valence-electron chi connectivity index (χ4n) is 4.11. The van der Waals surface area contributed by atoms with E-state index in [2.05, 4.69) is 10.3 Å².